The molecule has 0 bridgehead atoms. The van der Waals surface area contributed by atoms with Crippen LogP contribution < -0.4 is 10.5 Å². The van der Waals surface area contributed by atoms with E-state index in [1.165, 1.54) is 6.92 Å². The van der Waals surface area contributed by atoms with E-state index in [0.717, 1.165) is 5.56 Å². The van der Waals surface area contributed by atoms with E-state index in [9.17, 15) is 4.39 Å². The average Bonchev–Trinajstić information content (AvgIpc) is 2.18. The SMILES string of the molecule is COc1c(CCN)cccc1C(C)F. The third kappa shape index (κ3) is 2.23. The standard InChI is InChI=1S/C11H16FNO/c1-8(12)10-5-3-4-9(6-7-13)11(10)14-2/h3-5,8H,6-7,13H2,1-2H3. The molecule has 0 aromatic heterocycles. The number of benzene rings is 1. The van der Waals surface area contributed by atoms with Gasteiger partial charge in [-0.25, -0.2) is 4.39 Å². The molecule has 1 atom stereocenters. The molecule has 0 aliphatic heterocycles. The van der Waals surface area contributed by atoms with Crippen molar-refractivity contribution in [1.82, 2.24) is 0 Å². The van der Waals surface area contributed by atoms with E-state index in [-0.39, 0.29) is 0 Å². The highest BCUT2D eigenvalue weighted by Gasteiger charge is 2.12. The van der Waals surface area contributed by atoms with Gasteiger partial charge in [-0.15, -0.1) is 0 Å². The van der Waals surface area contributed by atoms with Crippen molar-refractivity contribution >= 4 is 0 Å². The summed E-state index contributed by atoms with van der Waals surface area (Å²) < 4.78 is 18.4. The van der Waals surface area contributed by atoms with Gasteiger partial charge in [0.2, 0.25) is 0 Å². The molecule has 2 nitrogen and oxygen atoms in total. The van der Waals surface area contributed by atoms with Crippen molar-refractivity contribution in [2.24, 2.45) is 5.73 Å². The number of alkyl halides is 1. The molecule has 1 rings (SSSR count). The van der Waals surface area contributed by atoms with Crippen molar-refractivity contribution in [2.75, 3.05) is 13.7 Å². The number of halogens is 1. The average molecular weight is 197 g/mol. The first-order valence-corrected chi connectivity index (χ1v) is 4.70. The second-order valence-electron chi connectivity index (χ2n) is 3.19. The van der Waals surface area contributed by atoms with Crippen LogP contribution in [0.25, 0.3) is 0 Å². The highest BCUT2D eigenvalue weighted by atomic mass is 19.1. The minimum Gasteiger partial charge on any atom is -0.496 e. The normalized spacial score (nSPS) is 12.6. The van der Waals surface area contributed by atoms with Crippen LogP contribution in [0.15, 0.2) is 18.2 Å². The van der Waals surface area contributed by atoms with Crippen LogP contribution in [0.3, 0.4) is 0 Å². The van der Waals surface area contributed by atoms with Gasteiger partial charge in [0.15, 0.2) is 0 Å². The maximum Gasteiger partial charge on any atom is 0.128 e. The fourth-order valence-electron chi connectivity index (χ4n) is 1.52. The van der Waals surface area contributed by atoms with Crippen molar-refractivity contribution < 1.29 is 9.13 Å². The first kappa shape index (κ1) is 11.0. The molecule has 0 heterocycles. The summed E-state index contributed by atoms with van der Waals surface area (Å²) in [5.41, 5.74) is 7.03. The van der Waals surface area contributed by atoms with Crippen molar-refractivity contribution in [2.45, 2.75) is 19.5 Å². The number of hydrogen-bond acceptors (Lipinski definition) is 2. The second kappa shape index (κ2) is 4.96. The zero-order valence-corrected chi connectivity index (χ0v) is 8.59. The van der Waals surface area contributed by atoms with E-state index in [1.807, 2.05) is 12.1 Å². The van der Waals surface area contributed by atoms with Crippen LogP contribution in [0, 0.1) is 0 Å². The predicted molar refractivity (Wildman–Crippen MR) is 55.3 cm³/mol. The monoisotopic (exact) mass is 197 g/mol. The molecule has 0 amide bonds. The van der Waals surface area contributed by atoms with Crippen molar-refractivity contribution in [3.8, 4) is 5.75 Å². The highest BCUT2D eigenvalue weighted by molar-refractivity contribution is 5.42. The fraction of sp³-hybridized carbons (Fsp3) is 0.455. The molecular formula is C11H16FNO. The third-order valence-electron chi connectivity index (χ3n) is 2.17. The van der Waals surface area contributed by atoms with Gasteiger partial charge in [0, 0.05) is 5.56 Å². The summed E-state index contributed by atoms with van der Waals surface area (Å²) >= 11 is 0. The molecule has 1 aromatic carbocycles. The molecule has 14 heavy (non-hydrogen) atoms. The van der Waals surface area contributed by atoms with Crippen molar-refractivity contribution in [1.29, 1.82) is 0 Å². The maximum absolute atomic E-state index is 13.2. The Kier molecular flexibility index (Phi) is 3.89. The quantitative estimate of drug-likeness (QED) is 0.803. The number of hydrogen-bond donors (Lipinski definition) is 1. The molecule has 2 N–H and O–H groups in total. The van der Waals surface area contributed by atoms with E-state index in [0.29, 0.717) is 24.3 Å². The first-order valence-electron chi connectivity index (χ1n) is 4.70. The van der Waals surface area contributed by atoms with Gasteiger partial charge < -0.3 is 10.5 Å². The third-order valence-corrected chi connectivity index (χ3v) is 2.17. The molecule has 0 spiro atoms. The van der Waals surface area contributed by atoms with Gasteiger partial charge in [-0.2, -0.15) is 0 Å². The smallest absolute Gasteiger partial charge is 0.128 e. The maximum atomic E-state index is 13.2. The Bertz CT molecular complexity index is 299. The Morgan fingerprint density at radius 3 is 2.71 bits per heavy atom. The van der Waals surface area contributed by atoms with E-state index < -0.39 is 6.17 Å². The molecular weight excluding hydrogens is 181 g/mol. The summed E-state index contributed by atoms with van der Waals surface area (Å²) in [6, 6.07) is 5.49. The van der Waals surface area contributed by atoms with Gasteiger partial charge in [-0.05, 0) is 25.5 Å². The Morgan fingerprint density at radius 2 is 2.21 bits per heavy atom. The number of ether oxygens (including phenoxy) is 1. The van der Waals surface area contributed by atoms with Gasteiger partial charge in [-0.1, -0.05) is 18.2 Å². The number of methoxy groups -OCH3 is 1. The van der Waals surface area contributed by atoms with Crippen LogP contribution in [-0.2, 0) is 6.42 Å². The molecule has 0 saturated carbocycles. The largest absolute Gasteiger partial charge is 0.496 e. The van der Waals surface area contributed by atoms with Gasteiger partial charge in [0.25, 0.3) is 0 Å². The molecule has 0 aliphatic carbocycles. The summed E-state index contributed by atoms with van der Waals surface area (Å²) in [5.74, 6) is 0.632. The number of para-hydroxylation sites is 1. The molecule has 3 heteroatoms. The lowest BCUT2D eigenvalue weighted by atomic mass is 10.0. The molecule has 0 radical (unpaired) electrons. The van der Waals surface area contributed by atoms with Gasteiger partial charge in [-0.3, -0.25) is 0 Å². The van der Waals surface area contributed by atoms with Crippen LogP contribution in [0.1, 0.15) is 24.2 Å². The first-order chi connectivity index (χ1) is 6.70. The Hall–Kier alpha value is -1.09. The summed E-state index contributed by atoms with van der Waals surface area (Å²) in [6.07, 6.45) is -0.299. The summed E-state index contributed by atoms with van der Waals surface area (Å²) in [5, 5.41) is 0. The van der Waals surface area contributed by atoms with Crippen LogP contribution in [0.4, 0.5) is 4.39 Å². The van der Waals surface area contributed by atoms with Crippen LogP contribution in [-0.4, -0.2) is 13.7 Å². The Labute approximate surface area is 83.9 Å². The van der Waals surface area contributed by atoms with Crippen molar-refractivity contribution in [3.05, 3.63) is 29.3 Å². The Morgan fingerprint density at radius 1 is 1.50 bits per heavy atom. The van der Waals surface area contributed by atoms with Gasteiger partial charge >= 0.3 is 0 Å². The molecule has 1 unspecified atom stereocenters. The van der Waals surface area contributed by atoms with E-state index in [4.69, 9.17) is 10.5 Å². The van der Waals surface area contributed by atoms with Crippen LogP contribution >= 0.6 is 0 Å². The lowest BCUT2D eigenvalue weighted by molar-refractivity contribution is 0.344. The zero-order chi connectivity index (χ0) is 10.6. The van der Waals surface area contributed by atoms with Gasteiger partial charge in [0.05, 0.1) is 7.11 Å². The molecule has 1 aromatic rings. The van der Waals surface area contributed by atoms with Gasteiger partial charge in [0.1, 0.15) is 11.9 Å². The van der Waals surface area contributed by atoms with Crippen LogP contribution in [0.5, 0.6) is 5.75 Å². The Balaban J connectivity index is 3.11. The zero-order valence-electron chi connectivity index (χ0n) is 8.59. The van der Waals surface area contributed by atoms with Crippen LogP contribution in [0.2, 0.25) is 0 Å². The molecule has 0 fully saturated rings. The minimum absolute atomic E-state index is 0.542. The number of nitrogens with two attached hydrogens (primary N) is 1. The lowest BCUT2D eigenvalue weighted by Crippen LogP contribution is -2.05. The lowest BCUT2D eigenvalue weighted by Gasteiger charge is -2.13. The molecule has 0 saturated heterocycles. The molecule has 0 aliphatic rings. The predicted octanol–water partition coefficient (Wildman–Crippen LogP) is 2.23. The van der Waals surface area contributed by atoms with E-state index >= 15 is 0 Å². The van der Waals surface area contributed by atoms with E-state index in [1.54, 1.807) is 13.2 Å². The van der Waals surface area contributed by atoms with E-state index in [2.05, 4.69) is 0 Å². The fourth-order valence-corrected chi connectivity index (χ4v) is 1.52. The number of rotatable bonds is 4. The minimum atomic E-state index is -1.01. The summed E-state index contributed by atoms with van der Waals surface area (Å²) in [6.45, 7) is 2.05. The highest BCUT2D eigenvalue weighted by Crippen LogP contribution is 2.30. The summed E-state index contributed by atoms with van der Waals surface area (Å²) in [4.78, 5) is 0. The second-order valence-corrected chi connectivity index (χ2v) is 3.19. The molecule has 78 valence electrons. The summed E-state index contributed by atoms with van der Waals surface area (Å²) in [7, 11) is 1.56. The topological polar surface area (TPSA) is 35.2 Å². The van der Waals surface area contributed by atoms with Crippen molar-refractivity contribution in [3.63, 3.8) is 0 Å².